The molecule has 0 aliphatic carbocycles. The Morgan fingerprint density at radius 3 is 3.20 bits per heavy atom. The largest absolute Gasteiger partial charge is 0.465 e. The normalized spacial score (nSPS) is 16.2. The Labute approximate surface area is 57.9 Å². The van der Waals surface area contributed by atoms with E-state index in [1.54, 1.807) is 6.08 Å². The number of allylic oxidation sites excluding steroid dienone is 2. The van der Waals surface area contributed by atoms with E-state index < -0.39 is 5.91 Å². The predicted octanol–water partition coefficient (Wildman–Crippen LogP) is -0.126. The zero-order chi connectivity index (χ0) is 7.40. The molecule has 1 aliphatic heterocycles. The average molecular weight is 141 g/mol. The Morgan fingerprint density at radius 2 is 2.50 bits per heavy atom. The summed E-state index contributed by atoms with van der Waals surface area (Å²) in [7, 11) is 0. The molecule has 0 saturated carbocycles. The maximum absolute atomic E-state index is 10.4. The fourth-order valence-electron chi connectivity index (χ4n) is 0.520. The Hall–Kier alpha value is -1.45. The second kappa shape index (κ2) is 2.91. The van der Waals surface area contributed by atoms with E-state index in [-0.39, 0.29) is 12.6 Å². The number of ether oxygens (including phenoxy) is 2. The summed E-state index contributed by atoms with van der Waals surface area (Å²) in [6, 6.07) is 0. The van der Waals surface area contributed by atoms with Crippen LogP contribution < -0.4 is 5.73 Å². The molecule has 54 valence electrons. The van der Waals surface area contributed by atoms with Gasteiger partial charge in [-0.2, -0.15) is 0 Å². The monoisotopic (exact) mass is 141 g/mol. The predicted molar refractivity (Wildman–Crippen MR) is 33.5 cm³/mol. The molecule has 0 unspecified atom stereocenters. The molecular formula is C6H7NO3. The molecular weight excluding hydrogens is 134 g/mol. The Morgan fingerprint density at radius 1 is 1.70 bits per heavy atom. The second-order valence-electron chi connectivity index (χ2n) is 1.65. The summed E-state index contributed by atoms with van der Waals surface area (Å²) in [5, 5.41) is 0. The number of hydrogen-bond donors (Lipinski definition) is 1. The van der Waals surface area contributed by atoms with Crippen molar-refractivity contribution in [1.82, 2.24) is 0 Å². The highest BCUT2D eigenvalue weighted by atomic mass is 16.7. The van der Waals surface area contributed by atoms with Gasteiger partial charge in [-0.3, -0.25) is 4.79 Å². The Kier molecular flexibility index (Phi) is 1.94. The molecule has 0 saturated heterocycles. The summed E-state index contributed by atoms with van der Waals surface area (Å²) in [4.78, 5) is 10.4. The van der Waals surface area contributed by atoms with Crippen LogP contribution in [0.5, 0.6) is 0 Å². The number of primary amides is 1. The first kappa shape index (κ1) is 6.67. The minimum absolute atomic E-state index is 0.0330. The van der Waals surface area contributed by atoms with Crippen LogP contribution in [0.1, 0.15) is 0 Å². The van der Waals surface area contributed by atoms with Gasteiger partial charge in [0, 0.05) is 0 Å². The van der Waals surface area contributed by atoms with Gasteiger partial charge in [0.2, 0.25) is 6.79 Å². The molecule has 4 nitrogen and oxygen atoms in total. The van der Waals surface area contributed by atoms with Crippen LogP contribution in [0.15, 0.2) is 24.2 Å². The van der Waals surface area contributed by atoms with E-state index in [9.17, 15) is 4.79 Å². The van der Waals surface area contributed by atoms with Crippen LogP contribution in [-0.4, -0.2) is 12.7 Å². The van der Waals surface area contributed by atoms with Crippen molar-refractivity contribution >= 4 is 5.91 Å². The van der Waals surface area contributed by atoms with Crippen molar-refractivity contribution in [2.24, 2.45) is 5.73 Å². The molecule has 10 heavy (non-hydrogen) atoms. The van der Waals surface area contributed by atoms with Crippen molar-refractivity contribution in [2.75, 3.05) is 6.79 Å². The molecule has 2 N–H and O–H groups in total. The van der Waals surface area contributed by atoms with Crippen LogP contribution in [0.4, 0.5) is 0 Å². The van der Waals surface area contributed by atoms with Gasteiger partial charge in [-0.05, 0) is 12.2 Å². The summed E-state index contributed by atoms with van der Waals surface area (Å²) in [6.45, 7) is 0.0330. The minimum Gasteiger partial charge on any atom is -0.465 e. The van der Waals surface area contributed by atoms with Gasteiger partial charge in [0.1, 0.15) is 0 Å². The number of nitrogens with two attached hydrogens (primary N) is 1. The van der Waals surface area contributed by atoms with Crippen molar-refractivity contribution in [1.29, 1.82) is 0 Å². The number of hydrogen-bond acceptors (Lipinski definition) is 3. The van der Waals surface area contributed by atoms with Gasteiger partial charge >= 0.3 is 0 Å². The Bertz CT molecular complexity index is 195. The second-order valence-corrected chi connectivity index (χ2v) is 1.65. The summed E-state index contributed by atoms with van der Waals surface area (Å²) in [5.74, 6) is -0.469. The number of amides is 1. The zero-order valence-electron chi connectivity index (χ0n) is 5.24. The SMILES string of the molecule is NC(=O)C1=CC=COCO1. The van der Waals surface area contributed by atoms with Crippen molar-refractivity contribution in [3.63, 3.8) is 0 Å². The third-order valence-corrected chi connectivity index (χ3v) is 0.948. The molecule has 4 heteroatoms. The molecule has 1 amide bonds. The molecule has 0 aromatic rings. The molecule has 0 radical (unpaired) electrons. The van der Waals surface area contributed by atoms with E-state index in [1.165, 1.54) is 12.3 Å². The van der Waals surface area contributed by atoms with Crippen LogP contribution >= 0.6 is 0 Å². The first-order valence-corrected chi connectivity index (χ1v) is 2.72. The third-order valence-electron chi connectivity index (χ3n) is 0.948. The van der Waals surface area contributed by atoms with Gasteiger partial charge in [0.15, 0.2) is 5.76 Å². The van der Waals surface area contributed by atoms with E-state index in [1.807, 2.05) is 0 Å². The van der Waals surface area contributed by atoms with Gasteiger partial charge in [-0.15, -0.1) is 0 Å². The van der Waals surface area contributed by atoms with Gasteiger partial charge in [0.25, 0.3) is 5.91 Å². The maximum atomic E-state index is 10.4. The highest BCUT2D eigenvalue weighted by Gasteiger charge is 2.05. The van der Waals surface area contributed by atoms with E-state index in [0.29, 0.717) is 0 Å². The van der Waals surface area contributed by atoms with Crippen LogP contribution in [0.2, 0.25) is 0 Å². The lowest BCUT2D eigenvalue weighted by Gasteiger charge is -2.02. The van der Waals surface area contributed by atoms with E-state index in [4.69, 9.17) is 15.2 Å². The maximum Gasteiger partial charge on any atom is 0.283 e. The summed E-state index contributed by atoms with van der Waals surface area (Å²) in [6.07, 6.45) is 4.43. The summed E-state index contributed by atoms with van der Waals surface area (Å²) >= 11 is 0. The first-order valence-electron chi connectivity index (χ1n) is 2.72. The van der Waals surface area contributed by atoms with Crippen LogP contribution in [0, 0.1) is 0 Å². The molecule has 0 spiro atoms. The average Bonchev–Trinajstić information content (AvgIpc) is 2.12. The smallest absolute Gasteiger partial charge is 0.283 e. The highest BCUT2D eigenvalue weighted by molar-refractivity contribution is 5.90. The molecule has 0 aromatic carbocycles. The van der Waals surface area contributed by atoms with Gasteiger partial charge in [0.05, 0.1) is 6.26 Å². The zero-order valence-corrected chi connectivity index (χ0v) is 5.24. The molecule has 1 aliphatic rings. The molecule has 0 bridgehead atoms. The molecule has 1 rings (SSSR count). The summed E-state index contributed by atoms with van der Waals surface area (Å²) < 4.78 is 9.48. The van der Waals surface area contributed by atoms with Crippen molar-refractivity contribution < 1.29 is 14.3 Å². The van der Waals surface area contributed by atoms with Crippen LogP contribution in [-0.2, 0) is 14.3 Å². The molecule has 0 fully saturated rings. The fourth-order valence-corrected chi connectivity index (χ4v) is 0.520. The standard InChI is InChI=1S/C6H7NO3/c7-6(8)5-2-1-3-9-4-10-5/h1-3H,4H2,(H2,7,8). The highest BCUT2D eigenvalue weighted by Crippen LogP contribution is 2.00. The number of carbonyl (C=O) groups is 1. The Balaban J connectivity index is 2.66. The minimum atomic E-state index is -0.588. The lowest BCUT2D eigenvalue weighted by Crippen LogP contribution is -2.16. The number of carbonyl (C=O) groups excluding carboxylic acids is 1. The fraction of sp³-hybridized carbons (Fsp3) is 0.167. The van der Waals surface area contributed by atoms with E-state index in [2.05, 4.69) is 0 Å². The first-order chi connectivity index (χ1) is 4.80. The van der Waals surface area contributed by atoms with Crippen LogP contribution in [0.3, 0.4) is 0 Å². The van der Waals surface area contributed by atoms with Gasteiger partial charge in [-0.1, -0.05) is 0 Å². The lowest BCUT2D eigenvalue weighted by atomic mass is 10.4. The van der Waals surface area contributed by atoms with Crippen LogP contribution in [0.25, 0.3) is 0 Å². The number of rotatable bonds is 1. The quantitative estimate of drug-likeness (QED) is 0.553. The molecule has 0 aromatic heterocycles. The molecule has 1 heterocycles. The lowest BCUT2D eigenvalue weighted by molar-refractivity contribution is -0.119. The van der Waals surface area contributed by atoms with Gasteiger partial charge in [-0.25, -0.2) is 0 Å². The molecule has 0 atom stereocenters. The topological polar surface area (TPSA) is 61.6 Å². The van der Waals surface area contributed by atoms with E-state index in [0.717, 1.165) is 0 Å². The van der Waals surface area contributed by atoms with Crippen molar-refractivity contribution in [3.8, 4) is 0 Å². The van der Waals surface area contributed by atoms with Crippen molar-refractivity contribution in [3.05, 3.63) is 24.2 Å². The third kappa shape index (κ3) is 1.51. The van der Waals surface area contributed by atoms with Gasteiger partial charge < -0.3 is 15.2 Å². The van der Waals surface area contributed by atoms with E-state index >= 15 is 0 Å². The summed E-state index contributed by atoms with van der Waals surface area (Å²) in [5.41, 5.74) is 4.91. The van der Waals surface area contributed by atoms with Crippen molar-refractivity contribution in [2.45, 2.75) is 0 Å².